The Kier molecular flexibility index (Phi) is 4.14. The first-order valence-electron chi connectivity index (χ1n) is 4.61. The van der Waals surface area contributed by atoms with Gasteiger partial charge in [-0.25, -0.2) is 0 Å². The predicted molar refractivity (Wildman–Crippen MR) is 62.6 cm³/mol. The van der Waals surface area contributed by atoms with Gasteiger partial charge in [0.2, 0.25) is 5.91 Å². The molecule has 2 unspecified atom stereocenters. The highest BCUT2D eigenvalue weighted by molar-refractivity contribution is 9.09. The van der Waals surface area contributed by atoms with Crippen molar-refractivity contribution in [2.24, 2.45) is 5.92 Å². The van der Waals surface area contributed by atoms with E-state index in [4.69, 9.17) is 0 Å². The largest absolute Gasteiger partial charge is 0.326 e. The quantitative estimate of drug-likeness (QED) is 0.827. The zero-order valence-corrected chi connectivity index (χ0v) is 9.91. The summed E-state index contributed by atoms with van der Waals surface area (Å²) >= 11 is 3.39. The van der Waals surface area contributed by atoms with Gasteiger partial charge >= 0.3 is 0 Å². The van der Waals surface area contributed by atoms with Crippen molar-refractivity contribution in [3.8, 4) is 0 Å². The maximum atomic E-state index is 11.6. The molecule has 3 heteroatoms. The number of carbonyl (C=O) groups excluding carboxylic acids is 1. The number of halogens is 1. The van der Waals surface area contributed by atoms with Crippen LogP contribution in [-0.4, -0.2) is 10.7 Å². The number of rotatable bonds is 3. The molecular formula is C11H14BrNO. The summed E-state index contributed by atoms with van der Waals surface area (Å²) in [7, 11) is 0. The van der Waals surface area contributed by atoms with Crippen LogP contribution in [-0.2, 0) is 4.79 Å². The first kappa shape index (κ1) is 11.2. The van der Waals surface area contributed by atoms with Crippen LogP contribution in [0, 0.1) is 5.92 Å². The number of carbonyl (C=O) groups is 1. The van der Waals surface area contributed by atoms with Crippen LogP contribution in [0.4, 0.5) is 5.69 Å². The molecule has 14 heavy (non-hydrogen) atoms. The number of para-hydroxylation sites is 1. The van der Waals surface area contributed by atoms with Gasteiger partial charge in [-0.1, -0.05) is 48.0 Å². The molecule has 2 atom stereocenters. The molecule has 1 rings (SSSR count). The molecule has 0 heterocycles. The second-order valence-corrected chi connectivity index (χ2v) is 4.77. The molecule has 0 aliphatic heterocycles. The van der Waals surface area contributed by atoms with Crippen LogP contribution < -0.4 is 5.32 Å². The molecule has 0 fully saturated rings. The van der Waals surface area contributed by atoms with E-state index in [0.29, 0.717) is 0 Å². The van der Waals surface area contributed by atoms with E-state index in [9.17, 15) is 4.79 Å². The molecule has 0 spiro atoms. The van der Waals surface area contributed by atoms with Crippen molar-refractivity contribution in [2.45, 2.75) is 18.7 Å². The molecule has 0 saturated carbocycles. The summed E-state index contributed by atoms with van der Waals surface area (Å²) in [6.45, 7) is 3.87. The normalized spacial score (nSPS) is 14.5. The summed E-state index contributed by atoms with van der Waals surface area (Å²) in [5, 5.41) is 2.85. The summed E-state index contributed by atoms with van der Waals surface area (Å²) < 4.78 is 0. The van der Waals surface area contributed by atoms with Crippen LogP contribution in [0.3, 0.4) is 0 Å². The zero-order valence-electron chi connectivity index (χ0n) is 8.33. The Hall–Kier alpha value is -0.830. The highest BCUT2D eigenvalue weighted by Gasteiger charge is 2.17. The van der Waals surface area contributed by atoms with E-state index in [0.717, 1.165) is 5.69 Å². The van der Waals surface area contributed by atoms with Crippen LogP contribution in [0.15, 0.2) is 30.3 Å². The van der Waals surface area contributed by atoms with Gasteiger partial charge in [-0.05, 0) is 12.1 Å². The lowest BCUT2D eigenvalue weighted by Gasteiger charge is -2.13. The molecular weight excluding hydrogens is 242 g/mol. The summed E-state index contributed by atoms with van der Waals surface area (Å²) in [6.07, 6.45) is 0. The fourth-order valence-electron chi connectivity index (χ4n) is 0.986. The smallest absolute Gasteiger partial charge is 0.228 e. The number of anilines is 1. The predicted octanol–water partition coefficient (Wildman–Crippen LogP) is 3.04. The topological polar surface area (TPSA) is 29.1 Å². The molecule has 2 nitrogen and oxygen atoms in total. The van der Waals surface area contributed by atoms with Crippen molar-refractivity contribution in [2.75, 3.05) is 5.32 Å². The van der Waals surface area contributed by atoms with Crippen LogP contribution in [0.1, 0.15) is 13.8 Å². The average molecular weight is 256 g/mol. The molecule has 0 aliphatic carbocycles. The summed E-state index contributed by atoms with van der Waals surface area (Å²) in [5.74, 6) is 0.00998. The highest BCUT2D eigenvalue weighted by Crippen LogP contribution is 2.14. The van der Waals surface area contributed by atoms with Crippen LogP contribution in [0.2, 0.25) is 0 Å². The van der Waals surface area contributed by atoms with Gasteiger partial charge in [0.1, 0.15) is 0 Å². The lowest BCUT2D eigenvalue weighted by Crippen LogP contribution is -2.25. The van der Waals surface area contributed by atoms with E-state index in [2.05, 4.69) is 21.2 Å². The summed E-state index contributed by atoms with van der Waals surface area (Å²) in [6, 6.07) is 9.48. The molecule has 1 aromatic carbocycles. The first-order valence-corrected chi connectivity index (χ1v) is 5.53. The number of hydrogen-bond acceptors (Lipinski definition) is 1. The third kappa shape index (κ3) is 3.14. The molecule has 0 bridgehead atoms. The van der Waals surface area contributed by atoms with Gasteiger partial charge in [0, 0.05) is 16.4 Å². The lowest BCUT2D eigenvalue weighted by molar-refractivity contribution is -0.119. The van der Waals surface area contributed by atoms with Crippen molar-refractivity contribution < 1.29 is 4.79 Å². The second kappa shape index (κ2) is 5.15. The van der Waals surface area contributed by atoms with Gasteiger partial charge in [-0.2, -0.15) is 0 Å². The van der Waals surface area contributed by atoms with Crippen molar-refractivity contribution in [3.63, 3.8) is 0 Å². The maximum absolute atomic E-state index is 11.6. The van der Waals surface area contributed by atoms with Crippen LogP contribution in [0.25, 0.3) is 0 Å². The van der Waals surface area contributed by atoms with Gasteiger partial charge < -0.3 is 5.32 Å². The van der Waals surface area contributed by atoms with E-state index in [1.54, 1.807) is 0 Å². The molecule has 1 N–H and O–H groups in total. The minimum atomic E-state index is -0.0322. The summed E-state index contributed by atoms with van der Waals surface area (Å²) in [5.41, 5.74) is 0.845. The van der Waals surface area contributed by atoms with E-state index < -0.39 is 0 Å². The third-order valence-corrected chi connectivity index (χ3v) is 2.94. The SMILES string of the molecule is CC(Br)C(C)C(=O)Nc1ccccc1. The number of alkyl halides is 1. The second-order valence-electron chi connectivity index (χ2n) is 3.32. The molecule has 76 valence electrons. The fraction of sp³-hybridized carbons (Fsp3) is 0.364. The summed E-state index contributed by atoms with van der Waals surface area (Å²) in [4.78, 5) is 11.8. The lowest BCUT2D eigenvalue weighted by atomic mass is 10.1. The van der Waals surface area contributed by atoms with Crippen molar-refractivity contribution in [1.29, 1.82) is 0 Å². The van der Waals surface area contributed by atoms with Gasteiger partial charge in [0.15, 0.2) is 0 Å². The van der Waals surface area contributed by atoms with E-state index >= 15 is 0 Å². The van der Waals surface area contributed by atoms with E-state index in [1.807, 2.05) is 44.2 Å². The van der Waals surface area contributed by atoms with Crippen LogP contribution >= 0.6 is 15.9 Å². The molecule has 1 amide bonds. The van der Waals surface area contributed by atoms with Gasteiger partial charge in [-0.15, -0.1) is 0 Å². The third-order valence-electron chi connectivity index (χ3n) is 2.14. The molecule has 0 aromatic heterocycles. The highest BCUT2D eigenvalue weighted by atomic mass is 79.9. The van der Waals surface area contributed by atoms with Crippen molar-refractivity contribution >= 4 is 27.5 Å². The Balaban J connectivity index is 2.58. The standard InChI is InChI=1S/C11H14BrNO/c1-8(9(2)12)11(14)13-10-6-4-3-5-7-10/h3-9H,1-2H3,(H,13,14). The minimum Gasteiger partial charge on any atom is -0.326 e. The Morgan fingerprint density at radius 3 is 2.36 bits per heavy atom. The molecule has 0 saturated heterocycles. The van der Waals surface area contributed by atoms with Gasteiger partial charge in [0.05, 0.1) is 0 Å². The Morgan fingerprint density at radius 1 is 1.29 bits per heavy atom. The average Bonchev–Trinajstić information content (AvgIpc) is 2.18. The number of hydrogen-bond donors (Lipinski definition) is 1. The van der Waals surface area contributed by atoms with Gasteiger partial charge in [-0.3, -0.25) is 4.79 Å². The Bertz CT molecular complexity index is 297. The van der Waals surface area contributed by atoms with Crippen molar-refractivity contribution in [3.05, 3.63) is 30.3 Å². The van der Waals surface area contributed by atoms with Crippen LogP contribution in [0.5, 0.6) is 0 Å². The molecule has 1 aromatic rings. The van der Waals surface area contributed by atoms with E-state index in [-0.39, 0.29) is 16.7 Å². The number of amides is 1. The number of nitrogens with one attached hydrogen (secondary N) is 1. The monoisotopic (exact) mass is 255 g/mol. The zero-order chi connectivity index (χ0) is 10.6. The van der Waals surface area contributed by atoms with E-state index in [1.165, 1.54) is 0 Å². The van der Waals surface area contributed by atoms with Gasteiger partial charge in [0.25, 0.3) is 0 Å². The maximum Gasteiger partial charge on any atom is 0.228 e. The minimum absolute atomic E-state index is 0.0322. The first-order chi connectivity index (χ1) is 6.61. The van der Waals surface area contributed by atoms with Crippen molar-refractivity contribution in [1.82, 2.24) is 0 Å². The molecule has 0 aliphatic rings. The molecule has 0 radical (unpaired) electrons. The Labute approximate surface area is 92.8 Å². The number of benzene rings is 1. The fourth-order valence-corrected chi connectivity index (χ4v) is 1.23. The Morgan fingerprint density at radius 2 is 1.86 bits per heavy atom.